The number of fused-ring (bicyclic) bond motifs is 1. The van der Waals surface area contributed by atoms with Crippen molar-refractivity contribution >= 4 is 5.65 Å². The van der Waals surface area contributed by atoms with Gasteiger partial charge in [-0.2, -0.15) is 0 Å². The number of ether oxygens (including phenoxy) is 1. The summed E-state index contributed by atoms with van der Waals surface area (Å²) in [6.07, 6.45) is 1.82. The predicted octanol–water partition coefficient (Wildman–Crippen LogP) is 2.71. The zero-order valence-electron chi connectivity index (χ0n) is 10.3. The smallest absolute Gasteiger partial charge is 0.182 e. The van der Waals surface area contributed by atoms with Crippen molar-refractivity contribution in [2.45, 2.75) is 6.92 Å². The number of rotatable bonds is 2. The van der Waals surface area contributed by atoms with Gasteiger partial charge in [0.05, 0.1) is 13.3 Å². The van der Waals surface area contributed by atoms with Crippen molar-refractivity contribution < 1.29 is 4.74 Å². The van der Waals surface area contributed by atoms with E-state index in [-0.39, 0.29) is 0 Å². The molecule has 0 amide bonds. The van der Waals surface area contributed by atoms with Crippen LogP contribution in [0.1, 0.15) is 5.56 Å². The summed E-state index contributed by atoms with van der Waals surface area (Å²) in [5.41, 5.74) is 3.04. The van der Waals surface area contributed by atoms with Crippen LogP contribution in [0.2, 0.25) is 0 Å². The summed E-state index contributed by atoms with van der Waals surface area (Å²) in [7, 11) is 1.64. The molecule has 4 nitrogen and oxygen atoms in total. The highest BCUT2D eigenvalue weighted by Crippen LogP contribution is 2.19. The Labute approximate surface area is 105 Å². The Morgan fingerprint density at radius 2 is 2.06 bits per heavy atom. The first-order chi connectivity index (χ1) is 8.76. The molecule has 0 unspecified atom stereocenters. The monoisotopic (exact) mass is 239 g/mol. The summed E-state index contributed by atoms with van der Waals surface area (Å²) >= 11 is 0. The van der Waals surface area contributed by atoms with Gasteiger partial charge in [0.1, 0.15) is 5.75 Å². The van der Waals surface area contributed by atoms with E-state index in [1.54, 1.807) is 11.6 Å². The molecule has 0 aliphatic rings. The SMILES string of the molecule is COc1ccc2nc(-c3cccc(C)c3)nn2c1. The predicted molar refractivity (Wildman–Crippen MR) is 69.7 cm³/mol. The first-order valence-corrected chi connectivity index (χ1v) is 5.74. The molecule has 0 saturated carbocycles. The number of hydrogen-bond donors (Lipinski definition) is 0. The highest BCUT2D eigenvalue weighted by molar-refractivity contribution is 5.59. The van der Waals surface area contributed by atoms with Gasteiger partial charge in [0.15, 0.2) is 11.5 Å². The molecule has 0 spiro atoms. The molecule has 90 valence electrons. The lowest BCUT2D eigenvalue weighted by Gasteiger charge is -1.97. The first kappa shape index (κ1) is 10.8. The minimum absolute atomic E-state index is 0.729. The van der Waals surface area contributed by atoms with Gasteiger partial charge in [-0.1, -0.05) is 23.8 Å². The van der Waals surface area contributed by atoms with Crippen LogP contribution in [0.3, 0.4) is 0 Å². The summed E-state index contributed by atoms with van der Waals surface area (Å²) < 4.78 is 6.90. The summed E-state index contributed by atoms with van der Waals surface area (Å²) in [6.45, 7) is 2.06. The zero-order valence-corrected chi connectivity index (χ0v) is 10.3. The van der Waals surface area contributed by atoms with E-state index in [1.165, 1.54) is 5.56 Å². The maximum absolute atomic E-state index is 5.17. The van der Waals surface area contributed by atoms with Crippen LogP contribution in [-0.4, -0.2) is 21.7 Å². The highest BCUT2D eigenvalue weighted by atomic mass is 16.5. The summed E-state index contributed by atoms with van der Waals surface area (Å²) in [5.74, 6) is 1.50. The Kier molecular flexibility index (Phi) is 2.48. The van der Waals surface area contributed by atoms with Gasteiger partial charge in [-0.25, -0.2) is 9.50 Å². The molecule has 2 aromatic heterocycles. The van der Waals surface area contributed by atoms with E-state index < -0.39 is 0 Å². The Balaban J connectivity index is 2.13. The third-order valence-electron chi connectivity index (χ3n) is 2.82. The molecule has 0 atom stereocenters. The Morgan fingerprint density at radius 3 is 2.83 bits per heavy atom. The third kappa shape index (κ3) is 1.82. The van der Waals surface area contributed by atoms with Crippen molar-refractivity contribution in [2.24, 2.45) is 0 Å². The van der Waals surface area contributed by atoms with Crippen molar-refractivity contribution in [2.75, 3.05) is 7.11 Å². The molecule has 3 aromatic rings. The van der Waals surface area contributed by atoms with Crippen LogP contribution in [-0.2, 0) is 0 Å². The second kappa shape index (κ2) is 4.14. The molecule has 1 aromatic carbocycles. The van der Waals surface area contributed by atoms with Crippen molar-refractivity contribution in [3.8, 4) is 17.1 Å². The number of aromatic nitrogens is 3. The highest BCUT2D eigenvalue weighted by Gasteiger charge is 2.06. The summed E-state index contributed by atoms with van der Waals surface area (Å²) in [4.78, 5) is 4.50. The summed E-state index contributed by atoms with van der Waals surface area (Å²) in [5, 5.41) is 4.46. The Hall–Kier alpha value is -2.36. The van der Waals surface area contributed by atoms with Gasteiger partial charge in [0.25, 0.3) is 0 Å². The normalized spacial score (nSPS) is 10.8. The van der Waals surface area contributed by atoms with E-state index in [9.17, 15) is 0 Å². The third-order valence-corrected chi connectivity index (χ3v) is 2.82. The fraction of sp³-hybridized carbons (Fsp3) is 0.143. The molecule has 0 saturated heterocycles. The van der Waals surface area contributed by atoms with Gasteiger partial charge >= 0.3 is 0 Å². The van der Waals surface area contributed by atoms with E-state index in [0.29, 0.717) is 0 Å². The van der Waals surface area contributed by atoms with Gasteiger partial charge in [-0.15, -0.1) is 5.10 Å². The molecule has 0 fully saturated rings. The number of aryl methyl sites for hydroxylation is 1. The molecule has 0 aliphatic carbocycles. The average Bonchev–Trinajstić information content (AvgIpc) is 2.81. The Morgan fingerprint density at radius 1 is 1.17 bits per heavy atom. The number of benzene rings is 1. The van der Waals surface area contributed by atoms with Crippen LogP contribution in [0.5, 0.6) is 5.75 Å². The van der Waals surface area contributed by atoms with Crippen LogP contribution in [0.4, 0.5) is 0 Å². The lowest BCUT2D eigenvalue weighted by atomic mass is 10.1. The van der Waals surface area contributed by atoms with Crippen LogP contribution in [0, 0.1) is 6.92 Å². The van der Waals surface area contributed by atoms with E-state index in [4.69, 9.17) is 4.74 Å². The van der Waals surface area contributed by atoms with E-state index >= 15 is 0 Å². The maximum Gasteiger partial charge on any atom is 0.182 e. The quantitative estimate of drug-likeness (QED) is 0.690. The molecule has 2 heterocycles. The van der Waals surface area contributed by atoms with E-state index in [0.717, 1.165) is 22.8 Å². The second-order valence-electron chi connectivity index (χ2n) is 4.18. The number of methoxy groups -OCH3 is 1. The van der Waals surface area contributed by atoms with Gasteiger partial charge in [-0.05, 0) is 25.1 Å². The van der Waals surface area contributed by atoms with Crippen molar-refractivity contribution in [1.82, 2.24) is 14.6 Å². The molecule has 18 heavy (non-hydrogen) atoms. The second-order valence-corrected chi connectivity index (χ2v) is 4.18. The zero-order chi connectivity index (χ0) is 12.5. The fourth-order valence-corrected chi connectivity index (χ4v) is 1.89. The maximum atomic E-state index is 5.17. The first-order valence-electron chi connectivity index (χ1n) is 5.74. The topological polar surface area (TPSA) is 39.4 Å². The molecule has 4 heteroatoms. The van der Waals surface area contributed by atoms with Crippen molar-refractivity contribution in [3.05, 3.63) is 48.2 Å². The van der Waals surface area contributed by atoms with Crippen LogP contribution >= 0.6 is 0 Å². The number of nitrogens with zero attached hydrogens (tertiary/aromatic N) is 3. The summed E-state index contributed by atoms with van der Waals surface area (Å²) in [6, 6.07) is 11.9. The van der Waals surface area contributed by atoms with E-state index in [2.05, 4.69) is 29.1 Å². The molecule has 0 radical (unpaired) electrons. The van der Waals surface area contributed by atoms with E-state index in [1.807, 2.05) is 30.5 Å². The number of pyridine rings is 1. The molecule has 0 bridgehead atoms. The van der Waals surface area contributed by atoms with Crippen molar-refractivity contribution in [1.29, 1.82) is 0 Å². The molecule has 0 N–H and O–H groups in total. The lowest BCUT2D eigenvalue weighted by molar-refractivity contribution is 0.411. The molecular weight excluding hydrogens is 226 g/mol. The van der Waals surface area contributed by atoms with Crippen LogP contribution < -0.4 is 4.74 Å². The minimum Gasteiger partial charge on any atom is -0.495 e. The lowest BCUT2D eigenvalue weighted by Crippen LogP contribution is -1.90. The number of hydrogen-bond acceptors (Lipinski definition) is 3. The standard InChI is InChI=1S/C14H13N3O/c1-10-4-3-5-11(8-10)14-15-13-7-6-12(18-2)9-17(13)16-14/h3-9H,1-2H3. The van der Waals surface area contributed by atoms with Gasteiger partial charge < -0.3 is 4.74 Å². The van der Waals surface area contributed by atoms with Gasteiger partial charge in [0, 0.05) is 5.56 Å². The fourth-order valence-electron chi connectivity index (χ4n) is 1.89. The van der Waals surface area contributed by atoms with Crippen LogP contribution in [0.25, 0.3) is 17.0 Å². The minimum atomic E-state index is 0.729. The Bertz CT molecular complexity index is 703. The van der Waals surface area contributed by atoms with Crippen LogP contribution in [0.15, 0.2) is 42.6 Å². The largest absolute Gasteiger partial charge is 0.495 e. The molecule has 0 aliphatic heterocycles. The van der Waals surface area contributed by atoms with Gasteiger partial charge in [-0.3, -0.25) is 0 Å². The van der Waals surface area contributed by atoms with Gasteiger partial charge in [0.2, 0.25) is 0 Å². The molecular formula is C14H13N3O. The molecule has 3 rings (SSSR count). The van der Waals surface area contributed by atoms with Crippen molar-refractivity contribution in [3.63, 3.8) is 0 Å². The average molecular weight is 239 g/mol.